The molecule has 2 aromatic heterocycles. The van der Waals surface area contributed by atoms with Gasteiger partial charge in [0.05, 0.1) is 11.5 Å². The van der Waals surface area contributed by atoms with Crippen molar-refractivity contribution in [2.45, 2.75) is 21.8 Å². The summed E-state index contributed by atoms with van der Waals surface area (Å²) in [5.41, 5.74) is -0.105. The number of nitrogens with one attached hydrogen (secondary N) is 1. The number of rotatable bonds is 5. The Hall–Kier alpha value is -2.50. The first-order chi connectivity index (χ1) is 14.3. The van der Waals surface area contributed by atoms with Crippen molar-refractivity contribution in [3.8, 4) is 10.6 Å². The van der Waals surface area contributed by atoms with E-state index in [2.05, 4.69) is 14.4 Å². The van der Waals surface area contributed by atoms with Crippen LogP contribution in [0.1, 0.15) is 17.2 Å². The van der Waals surface area contributed by atoms with Gasteiger partial charge in [0, 0.05) is 17.9 Å². The van der Waals surface area contributed by atoms with Crippen molar-refractivity contribution in [2.24, 2.45) is 5.92 Å². The van der Waals surface area contributed by atoms with Gasteiger partial charge in [-0.1, -0.05) is 35.5 Å². The Morgan fingerprint density at radius 1 is 1.20 bits per heavy atom. The zero-order chi connectivity index (χ0) is 21.1. The average Bonchev–Trinajstić information content (AvgIpc) is 3.19. The fourth-order valence-corrected chi connectivity index (χ4v) is 6.22. The molecule has 4 unspecified atom stereocenters. The second kappa shape index (κ2) is 6.76. The molecule has 3 heterocycles. The number of halogens is 3. The molecule has 2 fully saturated rings. The molecular weight excluding hydrogens is 441 g/mol. The number of aromatic nitrogens is 1. The highest BCUT2D eigenvalue weighted by Crippen LogP contribution is 2.61. The smallest absolute Gasteiger partial charge is 0.452 e. The molecule has 6 nitrogen and oxygen atoms in total. The minimum atomic E-state index is -4.63. The molecule has 1 saturated carbocycles. The minimum absolute atomic E-state index is 0.000440. The van der Waals surface area contributed by atoms with Gasteiger partial charge in [0.15, 0.2) is 0 Å². The summed E-state index contributed by atoms with van der Waals surface area (Å²) in [6.07, 6.45) is -4.63. The summed E-state index contributed by atoms with van der Waals surface area (Å²) < 4.78 is 63.8. The first-order valence-electron chi connectivity index (χ1n) is 8.86. The summed E-state index contributed by atoms with van der Waals surface area (Å²) in [7, 11) is -1.76. The molecule has 0 radical (unpaired) electrons. The molecule has 0 amide bonds. The van der Waals surface area contributed by atoms with E-state index in [0.29, 0.717) is 9.09 Å². The van der Waals surface area contributed by atoms with E-state index >= 15 is 0 Å². The van der Waals surface area contributed by atoms with Crippen LogP contribution in [0.3, 0.4) is 0 Å². The Labute approximate surface area is 174 Å². The second-order valence-corrected chi connectivity index (χ2v) is 9.55. The van der Waals surface area contributed by atoms with E-state index in [1.54, 1.807) is 0 Å². The van der Waals surface area contributed by atoms with Gasteiger partial charge in [0.1, 0.15) is 26.4 Å². The number of benzene rings is 1. The van der Waals surface area contributed by atoms with Crippen molar-refractivity contribution in [3.63, 3.8) is 0 Å². The van der Waals surface area contributed by atoms with E-state index in [9.17, 15) is 22.2 Å². The molecule has 3 aromatic rings. The Balaban J connectivity index is 1.37. The van der Waals surface area contributed by atoms with Crippen LogP contribution in [0.5, 0.6) is 0 Å². The predicted octanol–water partition coefficient (Wildman–Crippen LogP) is 3.74. The largest absolute Gasteiger partial charge is 0.464 e. The van der Waals surface area contributed by atoms with E-state index in [0.717, 1.165) is 23.0 Å². The van der Waals surface area contributed by atoms with Crippen molar-refractivity contribution >= 4 is 28.3 Å². The van der Waals surface area contributed by atoms with E-state index < -0.39 is 34.4 Å². The van der Waals surface area contributed by atoms with Crippen LogP contribution in [-0.4, -0.2) is 27.5 Å². The molecule has 1 saturated heterocycles. The van der Waals surface area contributed by atoms with Gasteiger partial charge >= 0.3 is 12.1 Å². The molecule has 0 spiro atoms. The molecule has 1 aromatic carbocycles. The van der Waals surface area contributed by atoms with Crippen LogP contribution in [0, 0.1) is 5.92 Å². The fourth-order valence-electron chi connectivity index (χ4n) is 3.87. The van der Waals surface area contributed by atoms with Crippen LogP contribution in [0.4, 0.5) is 13.2 Å². The summed E-state index contributed by atoms with van der Waals surface area (Å²) >= 11 is 1.01. The molecule has 30 heavy (non-hydrogen) atoms. The fraction of sp³-hybridized carbons (Fsp3) is 0.263. The normalized spacial score (nSPS) is 26.3. The molecular formula is C19H13F3N2O4S2. The molecule has 1 N–H and O–H groups in total. The number of alkyl halides is 3. The monoisotopic (exact) mass is 454 g/mol. The number of nitrogens with zero attached hydrogens (tertiary/aromatic N) is 1. The van der Waals surface area contributed by atoms with Gasteiger partial charge in [-0.05, 0) is 17.7 Å². The zero-order valence-corrected chi connectivity index (χ0v) is 16.6. The van der Waals surface area contributed by atoms with Gasteiger partial charge in [0.25, 0.3) is 0 Å². The first kappa shape index (κ1) is 19.5. The number of fused-ring (bicyclic) bond motifs is 1. The second-order valence-electron chi connectivity index (χ2n) is 7.03. The maximum absolute atomic E-state index is 12.9. The number of hydrogen-bond acceptors (Lipinski definition) is 6. The van der Waals surface area contributed by atoms with Gasteiger partial charge in [0.2, 0.25) is 5.76 Å². The highest BCUT2D eigenvalue weighted by molar-refractivity contribution is 7.85. The number of carbonyl (C=O) groups excluding carboxylic acids is 1. The van der Waals surface area contributed by atoms with Gasteiger partial charge in [-0.25, -0.2) is 13.7 Å². The highest BCUT2D eigenvalue weighted by atomic mass is 32.2. The molecule has 2 aliphatic rings. The number of carbonyl (C=O) groups is 1. The lowest BCUT2D eigenvalue weighted by atomic mass is 10.1. The molecule has 1 aliphatic heterocycles. The maximum atomic E-state index is 12.9. The summed E-state index contributed by atoms with van der Waals surface area (Å²) in [5, 5.41) is 3.44. The Bertz CT molecular complexity index is 1140. The molecule has 11 heteroatoms. The third-order valence-corrected chi connectivity index (χ3v) is 7.96. The van der Waals surface area contributed by atoms with Crippen LogP contribution in [0.2, 0.25) is 0 Å². The van der Waals surface area contributed by atoms with Crippen molar-refractivity contribution in [1.82, 2.24) is 9.88 Å². The molecule has 1 aliphatic carbocycles. The lowest BCUT2D eigenvalue weighted by molar-refractivity contribution is -0.155. The average molecular weight is 454 g/mol. The maximum Gasteiger partial charge on any atom is 0.452 e. The van der Waals surface area contributed by atoms with E-state index in [-0.39, 0.29) is 24.1 Å². The SMILES string of the molecule is O=C1OCC2C(c3ccccc3)C12NS(=O)c1ccc(-c2cc(C(F)(F)F)on2)s1. The quantitative estimate of drug-likeness (QED) is 0.594. The minimum Gasteiger partial charge on any atom is -0.464 e. The van der Waals surface area contributed by atoms with Crippen molar-refractivity contribution < 1.29 is 31.4 Å². The molecule has 4 atom stereocenters. The number of thiophene rings is 1. The summed E-state index contributed by atoms with van der Waals surface area (Å²) in [5.74, 6) is -1.92. The molecule has 0 bridgehead atoms. The van der Waals surface area contributed by atoms with Crippen LogP contribution in [0.25, 0.3) is 10.6 Å². The zero-order valence-electron chi connectivity index (χ0n) is 15.0. The number of hydrogen-bond donors (Lipinski definition) is 1. The third kappa shape index (κ3) is 2.99. The van der Waals surface area contributed by atoms with Gasteiger partial charge < -0.3 is 9.26 Å². The standard InChI is InChI=1S/C19H13F3N2O4S2/c20-19(21,22)14-8-12(23-28-14)13-6-7-15(29-13)30(26)24-18-11(9-27-17(18)25)16(18)10-4-2-1-3-5-10/h1-8,11,16,24H,9H2. The van der Waals surface area contributed by atoms with Crippen LogP contribution in [-0.2, 0) is 26.7 Å². The lowest BCUT2D eigenvalue weighted by Crippen LogP contribution is -2.41. The molecule has 5 rings (SSSR count). The molecule has 156 valence electrons. The topological polar surface area (TPSA) is 81.4 Å². The summed E-state index contributed by atoms with van der Waals surface area (Å²) in [6.45, 7) is 0.247. The Kier molecular flexibility index (Phi) is 4.38. The first-order valence-corrected chi connectivity index (χ1v) is 10.8. The van der Waals surface area contributed by atoms with Crippen molar-refractivity contribution in [3.05, 3.63) is 59.9 Å². The van der Waals surface area contributed by atoms with Crippen LogP contribution >= 0.6 is 11.3 Å². The summed E-state index contributed by atoms with van der Waals surface area (Å²) in [4.78, 5) is 12.8. The van der Waals surface area contributed by atoms with Crippen molar-refractivity contribution in [2.75, 3.05) is 6.61 Å². The van der Waals surface area contributed by atoms with Crippen molar-refractivity contribution in [1.29, 1.82) is 0 Å². The van der Waals surface area contributed by atoms with Gasteiger partial charge in [-0.2, -0.15) is 13.2 Å². The van der Waals surface area contributed by atoms with Gasteiger partial charge in [-0.15, -0.1) is 11.3 Å². The van der Waals surface area contributed by atoms with E-state index in [1.807, 2.05) is 30.3 Å². The number of esters is 1. The third-order valence-electron chi connectivity index (χ3n) is 5.33. The lowest BCUT2D eigenvalue weighted by Gasteiger charge is -2.14. The van der Waals surface area contributed by atoms with Crippen LogP contribution in [0.15, 0.2) is 57.3 Å². The number of cyclic esters (lactones) is 1. The number of ether oxygens (including phenoxy) is 1. The highest BCUT2D eigenvalue weighted by Gasteiger charge is 2.75. The van der Waals surface area contributed by atoms with Gasteiger partial charge in [-0.3, -0.25) is 0 Å². The summed E-state index contributed by atoms with van der Waals surface area (Å²) in [6, 6.07) is 13.3. The van der Waals surface area contributed by atoms with Crippen LogP contribution < -0.4 is 4.72 Å². The van der Waals surface area contributed by atoms with E-state index in [1.165, 1.54) is 12.1 Å². The Morgan fingerprint density at radius 3 is 2.67 bits per heavy atom. The Morgan fingerprint density at radius 2 is 1.97 bits per heavy atom. The van der Waals surface area contributed by atoms with E-state index in [4.69, 9.17) is 4.74 Å². The predicted molar refractivity (Wildman–Crippen MR) is 101 cm³/mol.